The van der Waals surface area contributed by atoms with Gasteiger partial charge >= 0.3 is 0 Å². The van der Waals surface area contributed by atoms with Crippen molar-refractivity contribution in [2.75, 3.05) is 11.9 Å². The van der Waals surface area contributed by atoms with Gasteiger partial charge in [0.05, 0.1) is 16.8 Å². The maximum Gasteiger partial charge on any atom is 0.244 e. The summed E-state index contributed by atoms with van der Waals surface area (Å²) in [6.07, 6.45) is 4.39. The van der Waals surface area contributed by atoms with Crippen LogP contribution < -0.4 is 5.32 Å². The highest BCUT2D eigenvalue weighted by Gasteiger charge is 2.40. The summed E-state index contributed by atoms with van der Waals surface area (Å²) in [7, 11) is -1.99. The minimum absolute atomic E-state index is 0.309. The number of hydrogen-bond donors (Lipinski definition) is 1. The highest BCUT2D eigenvalue weighted by Crippen LogP contribution is 2.31. The fraction of sp³-hybridized carbons (Fsp3) is 0.444. The second-order valence-electron chi connectivity index (χ2n) is 6.89. The fourth-order valence-corrected chi connectivity index (χ4v) is 5.76. The van der Waals surface area contributed by atoms with E-state index < -0.39 is 16.1 Å². The molecule has 1 aromatic heterocycles. The molecule has 2 heterocycles. The Balaban J connectivity index is 1.90. The second kappa shape index (κ2) is 6.85. The number of nitrogens with one attached hydrogen (secondary N) is 1. The standard InChI is InChI=1S/C18H24N4O3S/c1-12-8-13(2)17(14(3)9-12)26(24,25)22-7-5-6-16(22)18(23)20-15-10-19-21(4)11-15/h8-11,16H,5-7H2,1-4H3,(H,20,23)/t16-/m1/s1. The number of carbonyl (C=O) groups excluding carboxylic acids is 1. The monoisotopic (exact) mass is 376 g/mol. The first-order valence-electron chi connectivity index (χ1n) is 8.59. The van der Waals surface area contributed by atoms with Crippen LogP contribution in [0.15, 0.2) is 29.4 Å². The Bertz CT molecular complexity index is 926. The second-order valence-corrected chi connectivity index (χ2v) is 8.72. The van der Waals surface area contributed by atoms with Crippen LogP contribution in [0.2, 0.25) is 0 Å². The molecule has 0 radical (unpaired) electrons. The maximum absolute atomic E-state index is 13.3. The van der Waals surface area contributed by atoms with E-state index in [4.69, 9.17) is 0 Å². The summed E-state index contributed by atoms with van der Waals surface area (Å²) in [6, 6.07) is 3.02. The Labute approximate surface area is 154 Å². The molecule has 1 aliphatic heterocycles. The molecule has 1 aliphatic rings. The van der Waals surface area contributed by atoms with Gasteiger partial charge in [-0.05, 0) is 44.7 Å². The highest BCUT2D eigenvalue weighted by atomic mass is 32.2. The van der Waals surface area contributed by atoms with Gasteiger partial charge in [0.15, 0.2) is 0 Å². The summed E-state index contributed by atoms with van der Waals surface area (Å²) in [5.74, 6) is -0.318. The fourth-order valence-electron chi connectivity index (χ4n) is 3.69. The van der Waals surface area contributed by atoms with Crippen molar-refractivity contribution in [3.63, 3.8) is 0 Å². The van der Waals surface area contributed by atoms with Crippen LogP contribution in [0.25, 0.3) is 0 Å². The molecule has 1 aromatic carbocycles. The molecule has 0 aliphatic carbocycles. The third-order valence-corrected chi connectivity index (χ3v) is 6.86. The third kappa shape index (κ3) is 3.39. The predicted octanol–water partition coefficient (Wildman–Crippen LogP) is 2.14. The van der Waals surface area contributed by atoms with Crippen LogP contribution in [0.3, 0.4) is 0 Å². The largest absolute Gasteiger partial charge is 0.322 e. The third-order valence-electron chi connectivity index (χ3n) is 4.65. The molecule has 0 unspecified atom stereocenters. The van der Waals surface area contributed by atoms with Crippen molar-refractivity contribution in [2.45, 2.75) is 44.6 Å². The molecule has 1 fully saturated rings. The number of aryl methyl sites for hydroxylation is 4. The Morgan fingerprint density at radius 2 is 1.88 bits per heavy atom. The number of nitrogens with zero attached hydrogens (tertiary/aromatic N) is 3. The lowest BCUT2D eigenvalue weighted by atomic mass is 10.1. The van der Waals surface area contributed by atoms with Gasteiger partial charge in [-0.2, -0.15) is 9.40 Å². The lowest BCUT2D eigenvalue weighted by Gasteiger charge is -2.25. The van der Waals surface area contributed by atoms with Gasteiger partial charge in [-0.25, -0.2) is 8.42 Å². The molecule has 0 spiro atoms. The summed E-state index contributed by atoms with van der Waals surface area (Å²) in [5, 5.41) is 6.78. The quantitative estimate of drug-likeness (QED) is 0.886. The summed E-state index contributed by atoms with van der Waals surface area (Å²) in [6.45, 7) is 5.89. The van der Waals surface area contributed by atoms with Gasteiger partial charge in [-0.1, -0.05) is 17.7 Å². The van der Waals surface area contributed by atoms with Gasteiger partial charge in [-0.3, -0.25) is 9.48 Å². The van der Waals surface area contributed by atoms with E-state index in [0.717, 1.165) is 5.56 Å². The highest BCUT2D eigenvalue weighted by molar-refractivity contribution is 7.89. The Morgan fingerprint density at radius 3 is 2.46 bits per heavy atom. The lowest BCUT2D eigenvalue weighted by Crippen LogP contribution is -2.43. The summed E-state index contributed by atoms with van der Waals surface area (Å²) in [4.78, 5) is 13.0. The van der Waals surface area contributed by atoms with Crippen LogP contribution in [-0.2, 0) is 21.9 Å². The molecule has 140 valence electrons. The summed E-state index contributed by atoms with van der Waals surface area (Å²) in [5.41, 5.74) is 3.00. The number of carbonyl (C=O) groups is 1. The van der Waals surface area contributed by atoms with Gasteiger partial charge in [0.2, 0.25) is 15.9 Å². The lowest BCUT2D eigenvalue weighted by molar-refractivity contribution is -0.119. The van der Waals surface area contributed by atoms with E-state index in [-0.39, 0.29) is 5.91 Å². The van der Waals surface area contributed by atoms with Gasteiger partial charge < -0.3 is 5.32 Å². The molecule has 0 bridgehead atoms. The zero-order chi connectivity index (χ0) is 19.1. The minimum Gasteiger partial charge on any atom is -0.322 e. The van der Waals surface area contributed by atoms with Crippen molar-refractivity contribution < 1.29 is 13.2 Å². The van der Waals surface area contributed by atoms with Crippen LogP contribution in [0.1, 0.15) is 29.5 Å². The molecule has 1 amide bonds. The first-order chi connectivity index (χ1) is 12.2. The average Bonchev–Trinajstić information content (AvgIpc) is 3.15. The van der Waals surface area contributed by atoms with E-state index in [1.54, 1.807) is 38.0 Å². The molecule has 26 heavy (non-hydrogen) atoms. The molecular formula is C18H24N4O3S. The number of sulfonamides is 1. The van der Waals surface area contributed by atoms with Crippen molar-refractivity contribution in [1.82, 2.24) is 14.1 Å². The number of amides is 1. The van der Waals surface area contributed by atoms with Crippen molar-refractivity contribution >= 4 is 21.6 Å². The van der Waals surface area contributed by atoms with Crippen LogP contribution in [0.4, 0.5) is 5.69 Å². The Morgan fingerprint density at radius 1 is 1.23 bits per heavy atom. The topological polar surface area (TPSA) is 84.3 Å². The molecule has 2 aromatic rings. The number of benzene rings is 1. The zero-order valence-electron chi connectivity index (χ0n) is 15.5. The molecule has 1 saturated heterocycles. The van der Waals surface area contributed by atoms with E-state index in [0.29, 0.717) is 41.1 Å². The first kappa shape index (κ1) is 18.6. The van der Waals surface area contributed by atoms with Crippen molar-refractivity contribution in [3.05, 3.63) is 41.2 Å². The average molecular weight is 376 g/mol. The molecule has 8 heteroatoms. The van der Waals surface area contributed by atoms with Crippen LogP contribution in [0, 0.1) is 20.8 Å². The normalized spacial score (nSPS) is 18.2. The summed E-state index contributed by atoms with van der Waals surface area (Å²) >= 11 is 0. The number of aromatic nitrogens is 2. The first-order valence-corrected chi connectivity index (χ1v) is 10.0. The van der Waals surface area contributed by atoms with E-state index in [1.165, 1.54) is 4.31 Å². The van der Waals surface area contributed by atoms with Gasteiger partial charge in [-0.15, -0.1) is 0 Å². The van der Waals surface area contributed by atoms with E-state index >= 15 is 0 Å². The Kier molecular flexibility index (Phi) is 4.90. The maximum atomic E-state index is 13.3. The van der Waals surface area contributed by atoms with Gasteiger partial charge in [0, 0.05) is 19.8 Å². The zero-order valence-corrected chi connectivity index (χ0v) is 16.3. The smallest absolute Gasteiger partial charge is 0.244 e. The molecule has 0 saturated carbocycles. The van der Waals surface area contributed by atoms with Crippen LogP contribution in [-0.4, -0.2) is 41.0 Å². The molecule has 1 N–H and O–H groups in total. The van der Waals surface area contributed by atoms with Crippen molar-refractivity contribution in [3.8, 4) is 0 Å². The molecular weight excluding hydrogens is 352 g/mol. The number of hydrogen-bond acceptors (Lipinski definition) is 4. The minimum atomic E-state index is -3.75. The van der Waals surface area contributed by atoms with Crippen molar-refractivity contribution in [1.29, 1.82) is 0 Å². The molecule has 7 nitrogen and oxygen atoms in total. The van der Waals surface area contributed by atoms with E-state index in [2.05, 4.69) is 10.4 Å². The Hall–Kier alpha value is -2.19. The number of anilines is 1. The number of rotatable bonds is 4. The van der Waals surface area contributed by atoms with E-state index in [9.17, 15) is 13.2 Å². The van der Waals surface area contributed by atoms with Gasteiger partial charge in [0.1, 0.15) is 6.04 Å². The van der Waals surface area contributed by atoms with Crippen LogP contribution >= 0.6 is 0 Å². The van der Waals surface area contributed by atoms with Crippen LogP contribution in [0.5, 0.6) is 0 Å². The molecule has 3 rings (SSSR count). The summed E-state index contributed by atoms with van der Waals surface area (Å²) < 4.78 is 29.5. The van der Waals surface area contributed by atoms with E-state index in [1.807, 2.05) is 19.1 Å². The van der Waals surface area contributed by atoms with Gasteiger partial charge in [0.25, 0.3) is 0 Å². The van der Waals surface area contributed by atoms with Crippen molar-refractivity contribution in [2.24, 2.45) is 7.05 Å². The molecule has 1 atom stereocenters. The SMILES string of the molecule is Cc1cc(C)c(S(=O)(=O)N2CCC[C@@H]2C(=O)Nc2cnn(C)c2)c(C)c1. The predicted molar refractivity (Wildman–Crippen MR) is 99.4 cm³/mol.